The minimum Gasteiger partial charge on any atom is -0.457 e. The van der Waals surface area contributed by atoms with Crippen molar-refractivity contribution in [2.24, 2.45) is 0 Å². The molecule has 24 heavy (non-hydrogen) atoms. The van der Waals surface area contributed by atoms with Gasteiger partial charge in [0.25, 0.3) is 0 Å². The number of hydrogen-bond acceptors (Lipinski definition) is 4. The number of rotatable bonds is 3. The number of carbonyl (C=O) groups excluding carboxylic acids is 1. The Labute approximate surface area is 140 Å². The number of amides is 1. The van der Waals surface area contributed by atoms with Gasteiger partial charge in [0.1, 0.15) is 17.5 Å². The highest BCUT2D eigenvalue weighted by atomic mass is 16.5. The topological polar surface area (TPSA) is 73.6 Å². The molecule has 2 aromatic carbocycles. The maximum Gasteiger partial charge on any atom is 0.243 e. The smallest absolute Gasteiger partial charge is 0.243 e. The molecule has 5 nitrogen and oxygen atoms in total. The van der Waals surface area contributed by atoms with E-state index in [2.05, 4.69) is 11.8 Å². The highest BCUT2D eigenvalue weighted by Crippen LogP contribution is 2.22. The van der Waals surface area contributed by atoms with Crippen molar-refractivity contribution in [1.82, 2.24) is 5.06 Å². The van der Waals surface area contributed by atoms with Crippen molar-refractivity contribution in [1.29, 1.82) is 5.26 Å². The summed E-state index contributed by atoms with van der Waals surface area (Å²) in [6.07, 6.45) is 0. The number of benzene rings is 2. The number of nitrogens with zero attached hydrogens (tertiary/aromatic N) is 2. The molecule has 0 aliphatic carbocycles. The van der Waals surface area contributed by atoms with Crippen molar-refractivity contribution in [2.45, 2.75) is 19.9 Å². The molecule has 5 heteroatoms. The average molecular weight is 320 g/mol. The second-order valence-corrected chi connectivity index (χ2v) is 5.07. The van der Waals surface area contributed by atoms with Crippen LogP contribution in [0.15, 0.2) is 48.5 Å². The fourth-order valence-electron chi connectivity index (χ4n) is 1.89. The van der Waals surface area contributed by atoms with E-state index in [4.69, 9.17) is 10.00 Å². The van der Waals surface area contributed by atoms with Crippen LogP contribution in [-0.4, -0.2) is 22.2 Å². The van der Waals surface area contributed by atoms with Gasteiger partial charge in [-0.2, -0.15) is 5.26 Å². The molecular weight excluding hydrogens is 304 g/mol. The van der Waals surface area contributed by atoms with Crippen molar-refractivity contribution < 1.29 is 14.7 Å². The summed E-state index contributed by atoms with van der Waals surface area (Å²) in [5.41, 5.74) is 1.26. The number of nitriles is 1. The predicted molar refractivity (Wildman–Crippen MR) is 88.3 cm³/mol. The van der Waals surface area contributed by atoms with Crippen molar-refractivity contribution in [3.63, 3.8) is 0 Å². The first-order chi connectivity index (χ1) is 11.5. The lowest BCUT2D eigenvalue weighted by Gasteiger charge is -2.15. The van der Waals surface area contributed by atoms with Crippen LogP contribution in [0.2, 0.25) is 0 Å². The van der Waals surface area contributed by atoms with Gasteiger partial charge < -0.3 is 4.74 Å². The highest BCUT2D eigenvalue weighted by molar-refractivity contribution is 5.72. The zero-order chi connectivity index (χ0) is 17.5. The molecule has 1 atom stereocenters. The second-order valence-electron chi connectivity index (χ2n) is 5.07. The molecule has 2 aromatic rings. The van der Waals surface area contributed by atoms with Crippen LogP contribution in [0.3, 0.4) is 0 Å². The van der Waals surface area contributed by atoms with Gasteiger partial charge in [-0.25, -0.2) is 5.06 Å². The summed E-state index contributed by atoms with van der Waals surface area (Å²) in [5, 5.41) is 18.9. The molecule has 0 heterocycles. The summed E-state index contributed by atoms with van der Waals surface area (Å²) in [5.74, 6) is 6.45. The van der Waals surface area contributed by atoms with Crippen LogP contribution in [-0.2, 0) is 4.79 Å². The molecule has 0 aliphatic rings. The summed E-state index contributed by atoms with van der Waals surface area (Å²) in [4.78, 5) is 11.1. The predicted octanol–water partition coefficient (Wildman–Crippen LogP) is 3.33. The summed E-state index contributed by atoms with van der Waals surface area (Å²) in [6.45, 7) is 2.90. The monoisotopic (exact) mass is 320 g/mol. The zero-order valence-electron chi connectivity index (χ0n) is 13.4. The molecule has 0 radical (unpaired) electrons. The van der Waals surface area contributed by atoms with E-state index in [1.54, 1.807) is 55.5 Å². The van der Waals surface area contributed by atoms with Crippen LogP contribution in [0.25, 0.3) is 0 Å². The maximum absolute atomic E-state index is 11.1. The highest BCUT2D eigenvalue weighted by Gasteiger charge is 2.10. The van der Waals surface area contributed by atoms with Gasteiger partial charge in [-0.1, -0.05) is 17.9 Å². The van der Waals surface area contributed by atoms with Gasteiger partial charge in [0.05, 0.1) is 11.6 Å². The van der Waals surface area contributed by atoms with Crippen molar-refractivity contribution in [3.05, 3.63) is 59.7 Å². The molecule has 0 aromatic heterocycles. The van der Waals surface area contributed by atoms with E-state index in [1.165, 1.54) is 6.92 Å². The van der Waals surface area contributed by atoms with E-state index in [-0.39, 0.29) is 0 Å². The minimum atomic E-state index is -0.606. The van der Waals surface area contributed by atoms with Gasteiger partial charge in [0.2, 0.25) is 5.91 Å². The summed E-state index contributed by atoms with van der Waals surface area (Å²) in [6, 6.07) is 15.4. The normalized spacial score (nSPS) is 10.8. The molecule has 0 aliphatic heterocycles. The lowest BCUT2D eigenvalue weighted by Crippen LogP contribution is -2.32. The first-order valence-electron chi connectivity index (χ1n) is 7.28. The third-order valence-electron chi connectivity index (χ3n) is 3.17. The molecular formula is C19H16N2O3. The summed E-state index contributed by atoms with van der Waals surface area (Å²) in [7, 11) is 0. The Hall–Kier alpha value is -3.28. The first kappa shape index (κ1) is 17.1. The van der Waals surface area contributed by atoms with E-state index >= 15 is 0 Å². The quantitative estimate of drug-likeness (QED) is 0.535. The Kier molecular flexibility index (Phi) is 5.57. The van der Waals surface area contributed by atoms with Crippen molar-refractivity contribution in [2.75, 3.05) is 0 Å². The molecule has 1 amide bonds. The number of ether oxygens (including phenoxy) is 1. The fourth-order valence-corrected chi connectivity index (χ4v) is 1.89. The third kappa shape index (κ3) is 4.61. The van der Waals surface area contributed by atoms with Crippen LogP contribution >= 0.6 is 0 Å². The standard InChI is InChI=1S/C19H16N2O3/c1-14(21(23)15(2)22)6-7-16-4-3-5-19(12-16)24-18-10-8-17(13-20)9-11-18/h3-5,8-12,14,23H,1-2H3/t14-/m0/s1. The summed E-state index contributed by atoms with van der Waals surface area (Å²) >= 11 is 0. The van der Waals surface area contributed by atoms with Crippen LogP contribution in [0.1, 0.15) is 25.0 Å². The van der Waals surface area contributed by atoms with Crippen molar-refractivity contribution in [3.8, 4) is 29.4 Å². The third-order valence-corrected chi connectivity index (χ3v) is 3.17. The molecule has 1 N–H and O–H groups in total. The Morgan fingerprint density at radius 2 is 1.88 bits per heavy atom. The van der Waals surface area contributed by atoms with Crippen molar-refractivity contribution >= 4 is 5.91 Å². The van der Waals surface area contributed by atoms with Gasteiger partial charge in [0.15, 0.2) is 0 Å². The Morgan fingerprint density at radius 3 is 2.50 bits per heavy atom. The second kappa shape index (κ2) is 7.82. The maximum atomic E-state index is 11.1. The molecule has 0 saturated heterocycles. The molecule has 0 bridgehead atoms. The van der Waals surface area contributed by atoms with Crippen LogP contribution in [0.5, 0.6) is 11.5 Å². The SMILES string of the molecule is CC(=O)N(O)[C@@H](C)C#Cc1cccc(Oc2ccc(C#N)cc2)c1. The van der Waals surface area contributed by atoms with E-state index in [9.17, 15) is 10.0 Å². The van der Waals surface area contributed by atoms with E-state index < -0.39 is 11.9 Å². The van der Waals surface area contributed by atoms with E-state index in [0.29, 0.717) is 27.7 Å². The van der Waals surface area contributed by atoms with E-state index in [0.717, 1.165) is 0 Å². The molecule has 0 unspecified atom stereocenters. The minimum absolute atomic E-state index is 0.463. The van der Waals surface area contributed by atoms with E-state index in [1.807, 2.05) is 6.07 Å². The largest absolute Gasteiger partial charge is 0.457 e. The van der Waals surface area contributed by atoms with Crippen LogP contribution in [0, 0.1) is 23.2 Å². The average Bonchev–Trinajstić information content (AvgIpc) is 2.60. The van der Waals surface area contributed by atoms with Crippen LogP contribution < -0.4 is 4.74 Å². The van der Waals surface area contributed by atoms with Crippen LogP contribution in [0.4, 0.5) is 0 Å². The Balaban J connectivity index is 2.11. The lowest BCUT2D eigenvalue weighted by molar-refractivity contribution is -0.166. The van der Waals surface area contributed by atoms with Gasteiger partial charge >= 0.3 is 0 Å². The summed E-state index contributed by atoms with van der Waals surface area (Å²) < 4.78 is 5.72. The first-order valence-corrected chi connectivity index (χ1v) is 7.28. The molecule has 0 fully saturated rings. The number of hydroxylamine groups is 2. The number of carbonyl (C=O) groups is 1. The van der Waals surface area contributed by atoms with Gasteiger partial charge in [0, 0.05) is 12.5 Å². The fraction of sp³-hybridized carbons (Fsp3) is 0.158. The molecule has 0 spiro atoms. The zero-order valence-corrected chi connectivity index (χ0v) is 13.4. The molecule has 0 saturated carbocycles. The van der Waals surface area contributed by atoms with Gasteiger partial charge in [-0.05, 0) is 49.4 Å². The molecule has 2 rings (SSSR count). The molecule has 120 valence electrons. The number of hydrogen-bond donors (Lipinski definition) is 1. The van der Waals surface area contributed by atoms with Gasteiger partial charge in [-0.15, -0.1) is 0 Å². The lowest BCUT2D eigenvalue weighted by atomic mass is 10.2. The Bertz CT molecular complexity index is 826. The Morgan fingerprint density at radius 1 is 1.17 bits per heavy atom. The van der Waals surface area contributed by atoms with Gasteiger partial charge in [-0.3, -0.25) is 10.0 Å².